The van der Waals surface area contributed by atoms with E-state index in [0.29, 0.717) is 48.4 Å². The van der Waals surface area contributed by atoms with Gasteiger partial charge in [0.25, 0.3) is 5.91 Å². The molecule has 35 heavy (non-hydrogen) atoms. The van der Waals surface area contributed by atoms with Gasteiger partial charge in [0.05, 0.1) is 31.0 Å². The molecular weight excluding hydrogens is 440 g/mol. The van der Waals surface area contributed by atoms with Gasteiger partial charge in [0, 0.05) is 30.6 Å². The summed E-state index contributed by atoms with van der Waals surface area (Å²) in [6.07, 6.45) is 4.45. The molecule has 7 heteroatoms. The third kappa shape index (κ3) is 4.94. The maximum absolute atomic E-state index is 13.5. The number of aromatic amines is 1. The number of hydrogen-bond donors (Lipinski definition) is 1. The Bertz CT molecular complexity index is 1240. The lowest BCUT2D eigenvalue weighted by atomic mass is 9.88. The molecule has 180 valence electrons. The fourth-order valence-electron chi connectivity index (χ4n) is 5.04. The molecule has 5 rings (SSSR count). The summed E-state index contributed by atoms with van der Waals surface area (Å²) in [5, 5.41) is 9.02. The van der Waals surface area contributed by atoms with Gasteiger partial charge in [-0.3, -0.25) is 4.79 Å². The number of rotatable bonds is 5. The first-order chi connectivity index (χ1) is 17.0. The van der Waals surface area contributed by atoms with Gasteiger partial charge < -0.3 is 19.4 Å². The Morgan fingerprint density at radius 3 is 2.60 bits per heavy atom. The number of nitrogens with one attached hydrogen (secondary N) is 1. The second-order valence-electron chi connectivity index (χ2n) is 9.48. The summed E-state index contributed by atoms with van der Waals surface area (Å²) in [4.78, 5) is 23.2. The quantitative estimate of drug-likeness (QED) is 0.581. The first-order valence-electron chi connectivity index (χ1n) is 12.2. The van der Waals surface area contributed by atoms with Crippen LogP contribution in [0.1, 0.15) is 57.8 Å². The van der Waals surface area contributed by atoms with Gasteiger partial charge in [-0.1, -0.05) is 18.2 Å². The summed E-state index contributed by atoms with van der Waals surface area (Å²) in [5.74, 6) is 1.79. The number of nitriles is 1. The summed E-state index contributed by atoms with van der Waals surface area (Å²) in [6, 6.07) is 14.0. The zero-order valence-corrected chi connectivity index (χ0v) is 20.2. The van der Waals surface area contributed by atoms with E-state index in [1.54, 1.807) is 6.20 Å². The smallest absolute Gasteiger partial charge is 0.254 e. The van der Waals surface area contributed by atoms with Gasteiger partial charge in [0.1, 0.15) is 11.9 Å². The molecule has 3 aromatic rings. The van der Waals surface area contributed by atoms with Crippen molar-refractivity contribution in [1.29, 1.82) is 5.26 Å². The molecule has 2 saturated heterocycles. The van der Waals surface area contributed by atoms with E-state index in [4.69, 9.17) is 14.7 Å². The number of amides is 1. The number of benzene rings is 2. The van der Waals surface area contributed by atoms with Gasteiger partial charge >= 0.3 is 0 Å². The largest absolute Gasteiger partial charge is 0.472 e. The third-order valence-corrected chi connectivity index (χ3v) is 7.08. The molecule has 1 amide bonds. The average Bonchev–Trinajstić information content (AvgIpc) is 3.57. The molecule has 2 fully saturated rings. The van der Waals surface area contributed by atoms with Gasteiger partial charge in [-0.2, -0.15) is 5.26 Å². The van der Waals surface area contributed by atoms with E-state index >= 15 is 0 Å². The standard InChI is InChI=1S/C28H30N4O3/c1-18-13-19(2)25(14-24(18)27-30-16-26(31-27)35-23-9-12-34-17-23)28(33)32-10-7-22(8-11-32)21-5-3-20(15-29)4-6-21/h3-6,13-14,16,22-23H,7-12,17H2,1-2H3,(H,30,31). The predicted octanol–water partition coefficient (Wildman–Crippen LogP) is 4.75. The van der Waals surface area contributed by atoms with Crippen molar-refractivity contribution in [1.82, 2.24) is 14.9 Å². The molecule has 1 N–H and O–H groups in total. The Labute approximate surface area is 205 Å². The highest BCUT2D eigenvalue weighted by atomic mass is 16.5. The highest BCUT2D eigenvalue weighted by Crippen LogP contribution is 2.31. The number of carbonyl (C=O) groups is 1. The van der Waals surface area contributed by atoms with Crippen LogP contribution in [0.15, 0.2) is 42.6 Å². The van der Waals surface area contributed by atoms with Crippen LogP contribution in [-0.4, -0.2) is 53.2 Å². The molecule has 1 atom stereocenters. The monoisotopic (exact) mass is 470 g/mol. The number of piperidine rings is 1. The maximum Gasteiger partial charge on any atom is 0.254 e. The molecule has 3 heterocycles. The summed E-state index contributed by atoms with van der Waals surface area (Å²) in [7, 11) is 0. The fraction of sp³-hybridized carbons (Fsp3) is 0.393. The van der Waals surface area contributed by atoms with E-state index in [-0.39, 0.29) is 12.0 Å². The van der Waals surface area contributed by atoms with Crippen molar-refractivity contribution < 1.29 is 14.3 Å². The first-order valence-corrected chi connectivity index (χ1v) is 12.2. The molecule has 0 aliphatic carbocycles. The number of aryl methyl sites for hydroxylation is 2. The molecular formula is C28H30N4O3. The molecule has 7 nitrogen and oxygen atoms in total. The Morgan fingerprint density at radius 2 is 1.91 bits per heavy atom. The molecule has 0 spiro atoms. The second-order valence-corrected chi connectivity index (χ2v) is 9.48. The average molecular weight is 471 g/mol. The Balaban J connectivity index is 1.29. The lowest BCUT2D eigenvalue weighted by Gasteiger charge is -2.32. The van der Waals surface area contributed by atoms with E-state index in [9.17, 15) is 4.79 Å². The molecule has 2 aliphatic heterocycles. The van der Waals surface area contributed by atoms with E-state index < -0.39 is 0 Å². The highest BCUT2D eigenvalue weighted by molar-refractivity contribution is 5.97. The minimum absolute atomic E-state index is 0.0479. The molecule has 0 bridgehead atoms. The summed E-state index contributed by atoms with van der Waals surface area (Å²) >= 11 is 0. The van der Waals surface area contributed by atoms with Crippen molar-refractivity contribution in [3.05, 3.63) is 70.4 Å². The summed E-state index contributed by atoms with van der Waals surface area (Å²) in [6.45, 7) is 6.78. The number of aromatic nitrogens is 2. The van der Waals surface area contributed by atoms with Crippen LogP contribution in [-0.2, 0) is 4.74 Å². The number of ether oxygens (including phenoxy) is 2. The van der Waals surface area contributed by atoms with Crippen molar-refractivity contribution in [2.45, 2.75) is 45.1 Å². The molecule has 1 unspecified atom stereocenters. The van der Waals surface area contributed by atoms with Crippen LogP contribution in [0.25, 0.3) is 11.4 Å². The van der Waals surface area contributed by atoms with Gasteiger partial charge in [-0.15, -0.1) is 0 Å². The highest BCUT2D eigenvalue weighted by Gasteiger charge is 2.26. The summed E-state index contributed by atoms with van der Waals surface area (Å²) in [5.41, 5.74) is 5.56. The van der Waals surface area contributed by atoms with Gasteiger partial charge in [-0.05, 0) is 67.5 Å². The second kappa shape index (κ2) is 9.93. The van der Waals surface area contributed by atoms with Crippen molar-refractivity contribution in [3.8, 4) is 23.3 Å². The van der Waals surface area contributed by atoms with Crippen molar-refractivity contribution >= 4 is 5.91 Å². The minimum atomic E-state index is 0.0479. The van der Waals surface area contributed by atoms with Crippen molar-refractivity contribution in [2.75, 3.05) is 26.3 Å². The van der Waals surface area contributed by atoms with Crippen LogP contribution < -0.4 is 4.74 Å². The van der Waals surface area contributed by atoms with Gasteiger partial charge in [0.15, 0.2) is 0 Å². The number of H-pyrrole nitrogens is 1. The lowest BCUT2D eigenvalue weighted by Crippen LogP contribution is -2.38. The Morgan fingerprint density at radius 1 is 1.14 bits per heavy atom. The topological polar surface area (TPSA) is 91.2 Å². The Kier molecular flexibility index (Phi) is 6.56. The van der Waals surface area contributed by atoms with E-state index in [2.05, 4.69) is 22.1 Å². The normalized spacial score (nSPS) is 18.4. The molecule has 1 aromatic heterocycles. The van der Waals surface area contributed by atoms with Gasteiger partial charge in [0.2, 0.25) is 5.88 Å². The Hall–Kier alpha value is -3.63. The van der Waals surface area contributed by atoms with Crippen LogP contribution in [0, 0.1) is 25.2 Å². The lowest BCUT2D eigenvalue weighted by molar-refractivity contribution is 0.0712. The number of likely N-dealkylation sites (tertiary alicyclic amines) is 1. The zero-order valence-electron chi connectivity index (χ0n) is 20.2. The van der Waals surface area contributed by atoms with Crippen LogP contribution in [0.4, 0.5) is 0 Å². The van der Waals surface area contributed by atoms with Crippen molar-refractivity contribution in [3.63, 3.8) is 0 Å². The van der Waals surface area contributed by atoms with Crippen LogP contribution in [0.3, 0.4) is 0 Å². The minimum Gasteiger partial charge on any atom is -0.472 e. The zero-order chi connectivity index (χ0) is 24.4. The van der Waals surface area contributed by atoms with Gasteiger partial charge in [-0.25, -0.2) is 4.98 Å². The number of carbonyl (C=O) groups excluding carboxylic acids is 1. The molecule has 2 aromatic carbocycles. The molecule has 0 radical (unpaired) electrons. The predicted molar refractivity (Wildman–Crippen MR) is 132 cm³/mol. The first kappa shape index (κ1) is 23.1. The molecule has 2 aliphatic rings. The van der Waals surface area contributed by atoms with Crippen LogP contribution >= 0.6 is 0 Å². The van der Waals surface area contributed by atoms with E-state index in [1.807, 2.05) is 49.1 Å². The van der Waals surface area contributed by atoms with Crippen LogP contribution in [0.5, 0.6) is 5.88 Å². The number of hydrogen-bond acceptors (Lipinski definition) is 5. The SMILES string of the molecule is Cc1cc(C)c(-c2ncc(OC3CCOC3)[nH]2)cc1C(=O)N1CCC(c2ccc(C#N)cc2)CC1. The van der Waals surface area contributed by atoms with E-state index in [0.717, 1.165) is 42.6 Å². The van der Waals surface area contributed by atoms with Crippen molar-refractivity contribution in [2.24, 2.45) is 0 Å². The summed E-state index contributed by atoms with van der Waals surface area (Å²) < 4.78 is 11.3. The molecule has 0 saturated carbocycles. The maximum atomic E-state index is 13.5. The number of nitrogens with zero attached hydrogens (tertiary/aromatic N) is 3. The number of imidazole rings is 1. The van der Waals surface area contributed by atoms with Crippen LogP contribution in [0.2, 0.25) is 0 Å². The van der Waals surface area contributed by atoms with E-state index in [1.165, 1.54) is 5.56 Å². The fourth-order valence-corrected chi connectivity index (χ4v) is 5.04. The third-order valence-electron chi connectivity index (χ3n) is 7.08.